The molecule has 1 saturated heterocycles. The van der Waals surface area contributed by atoms with Crippen LogP contribution in [0.15, 0.2) is 36.9 Å². The number of aliphatic hydroxyl groups excluding tert-OH is 2. The van der Waals surface area contributed by atoms with Crippen molar-refractivity contribution in [3.8, 4) is 0 Å². The summed E-state index contributed by atoms with van der Waals surface area (Å²) in [6.45, 7) is 0.0548. The fourth-order valence-electron chi connectivity index (χ4n) is 5.89. The molecule has 7 atom stereocenters. The Hall–Kier alpha value is -3.48. The number of carbonyl (C=O) groups excluding carboxylic acids is 3. The highest BCUT2D eigenvalue weighted by molar-refractivity contribution is 8.14. The highest BCUT2D eigenvalue weighted by Gasteiger charge is 2.47. The molecular weight excluding hydrogens is 879 g/mol. The number of rotatable bonds is 20. The van der Waals surface area contributed by atoms with Gasteiger partial charge in [0.25, 0.3) is 15.6 Å². The Balaban J connectivity index is 1.04. The van der Waals surface area contributed by atoms with Crippen LogP contribution in [0.5, 0.6) is 0 Å². The first-order valence-electron chi connectivity index (χ1n) is 17.8. The minimum absolute atomic E-state index is 0.0222. The minimum atomic E-state index is -5.92. The second kappa shape index (κ2) is 19.7. The lowest BCUT2D eigenvalue weighted by atomic mass is 9.87. The van der Waals surface area contributed by atoms with E-state index in [2.05, 4.69) is 43.5 Å². The number of allylic oxidation sites excluding steroid dienone is 1. The van der Waals surface area contributed by atoms with Crippen LogP contribution in [0.1, 0.15) is 54.4 Å². The van der Waals surface area contributed by atoms with E-state index in [1.165, 1.54) is 19.4 Å². The van der Waals surface area contributed by atoms with Gasteiger partial charge in [-0.15, -0.1) is 0 Å². The lowest BCUT2D eigenvalue weighted by Gasteiger charge is -2.36. The Morgan fingerprint density at radius 2 is 1.82 bits per heavy atom. The third kappa shape index (κ3) is 12.8. The van der Waals surface area contributed by atoms with Gasteiger partial charge < -0.3 is 69.0 Å². The van der Waals surface area contributed by atoms with E-state index in [1.807, 2.05) is 24.3 Å². The Bertz CT molecular complexity index is 2240. The van der Waals surface area contributed by atoms with Crippen molar-refractivity contribution in [2.45, 2.75) is 63.8 Å². The number of carbonyl (C=O) groups is 3. The number of nitrogens with one attached hydrogen (secondary N) is 2. The van der Waals surface area contributed by atoms with Crippen LogP contribution in [0, 0.1) is 5.41 Å². The number of hydrogen-bond acceptors (Lipinski definition) is 22. The number of hydrogen-bond donors (Lipinski definition) is 5. The summed E-state index contributed by atoms with van der Waals surface area (Å²) in [6, 6.07) is 5.53. The fourth-order valence-corrected chi connectivity index (χ4v) is 9.31. The van der Waals surface area contributed by atoms with Gasteiger partial charge >= 0.3 is 0 Å². The maximum Gasteiger partial charge on any atom is 0.274 e. The van der Waals surface area contributed by atoms with Crippen LogP contribution in [0.25, 0.3) is 17.2 Å². The van der Waals surface area contributed by atoms with Crippen LogP contribution in [0.2, 0.25) is 0 Å². The monoisotopic (exact) mass is 919 g/mol. The summed E-state index contributed by atoms with van der Waals surface area (Å²) in [6.07, 6.45) is -1.72. The summed E-state index contributed by atoms with van der Waals surface area (Å²) >= 11 is 1.04. The van der Waals surface area contributed by atoms with Gasteiger partial charge in [0.15, 0.2) is 17.7 Å². The SMILES string of the molecule is CC(C)(COP(=O)([O-])OP(=O)([O-])OC[C@H]1O[C@@H](n2cnc3c(N)ncnc32)[C@H](O)[C@@H]1OP(=O)([O-])[O-])[C@@H](O)C(=O)NCCC(=O)NCCSC(=O)c1ccc2c(c1)C=CCC2. The summed E-state index contributed by atoms with van der Waals surface area (Å²) < 4.78 is 60.7. The number of benzene rings is 1. The van der Waals surface area contributed by atoms with Gasteiger partial charge in [0, 0.05) is 36.2 Å². The predicted octanol–water partition coefficient (Wildman–Crippen LogP) is -1.59. The van der Waals surface area contributed by atoms with Crippen LogP contribution in [0.3, 0.4) is 0 Å². The lowest BCUT2D eigenvalue weighted by Crippen LogP contribution is -2.46. The number of ether oxygens (including phenoxy) is 1. The van der Waals surface area contributed by atoms with Crippen LogP contribution in [-0.4, -0.2) is 103 Å². The van der Waals surface area contributed by atoms with Crippen LogP contribution >= 0.6 is 35.2 Å². The number of thioether (sulfide) groups is 1. The zero-order chi connectivity index (χ0) is 44.0. The van der Waals surface area contributed by atoms with Gasteiger partial charge in [0.05, 0.1) is 27.4 Å². The molecule has 3 aromatic rings. The molecular formula is C32H40N7O17P3S-4. The Labute approximate surface area is 345 Å². The maximum atomic E-state index is 12.6. The second-order valence-electron chi connectivity index (χ2n) is 14.0. The van der Waals surface area contributed by atoms with Crippen molar-refractivity contribution in [3.05, 3.63) is 53.6 Å². The van der Waals surface area contributed by atoms with Crippen molar-refractivity contribution in [3.63, 3.8) is 0 Å². The number of anilines is 1. The normalized spacial score (nSPS) is 21.8. The standard InChI is InChI=1S/C32H44N7O17P3S/c1-32(2,26(42)29(43)35-10-9-22(40)34-11-12-60-31(44)20-8-7-18-5-3-4-6-19(18)13-20)15-53-59(50,51)56-58(48,49)52-14-21-25(55-57(45,46)47)24(41)30(54-21)39-17-38-23-27(33)36-16-37-28(23)39/h4,6-8,13,16-17,21,24-26,30,41-42H,3,5,9-12,14-15H2,1-2H3,(H,34,40)(H,35,43)(H,48,49)(H,50,51)(H2,33,36,37)(H2,45,46,47)/p-4/t21-,24-,25-,26+,30-/m1/s1. The third-order valence-electron chi connectivity index (χ3n) is 8.97. The van der Waals surface area contributed by atoms with E-state index in [9.17, 15) is 57.9 Å². The topological polar surface area (TPSA) is 375 Å². The average Bonchev–Trinajstić information content (AvgIpc) is 3.74. The summed E-state index contributed by atoms with van der Waals surface area (Å²) in [7, 11) is -17.6. The number of aliphatic hydroxyl groups is 2. The number of fused-ring (bicyclic) bond motifs is 2. The van der Waals surface area contributed by atoms with Gasteiger partial charge in [-0.2, -0.15) is 0 Å². The molecule has 0 saturated carbocycles. The first-order chi connectivity index (χ1) is 28.1. The number of imidazole rings is 1. The molecule has 0 spiro atoms. The van der Waals surface area contributed by atoms with Gasteiger partial charge in [-0.1, -0.05) is 49.9 Å². The molecule has 3 heterocycles. The zero-order valence-corrected chi connectivity index (χ0v) is 35.2. The van der Waals surface area contributed by atoms with E-state index in [0.717, 1.165) is 47.4 Å². The van der Waals surface area contributed by atoms with E-state index in [-0.39, 0.29) is 41.6 Å². The van der Waals surface area contributed by atoms with E-state index in [1.54, 1.807) is 6.07 Å². The molecule has 2 aromatic heterocycles. The van der Waals surface area contributed by atoms with Gasteiger partial charge in [-0.3, -0.25) is 28.1 Å². The number of nitrogens with two attached hydrogens (primary N) is 1. The van der Waals surface area contributed by atoms with E-state index in [4.69, 9.17) is 10.5 Å². The number of amides is 2. The molecule has 1 aliphatic heterocycles. The van der Waals surface area contributed by atoms with Crippen molar-refractivity contribution < 1.29 is 80.5 Å². The summed E-state index contributed by atoms with van der Waals surface area (Å²) in [5, 5.41) is 26.2. The van der Waals surface area contributed by atoms with Crippen LogP contribution < -0.4 is 35.9 Å². The fraction of sp³-hybridized carbons (Fsp3) is 0.500. The molecule has 1 aromatic carbocycles. The van der Waals surface area contributed by atoms with Crippen molar-refractivity contribution in [1.82, 2.24) is 30.2 Å². The molecule has 60 heavy (non-hydrogen) atoms. The van der Waals surface area contributed by atoms with Crippen LogP contribution in [0.4, 0.5) is 5.82 Å². The molecule has 5 rings (SSSR count). The highest BCUT2D eigenvalue weighted by Crippen LogP contribution is 2.56. The van der Waals surface area contributed by atoms with E-state index >= 15 is 0 Å². The molecule has 0 radical (unpaired) electrons. The Morgan fingerprint density at radius 1 is 1.08 bits per heavy atom. The molecule has 2 unspecified atom stereocenters. The number of phosphoric acid groups is 3. The predicted molar refractivity (Wildman–Crippen MR) is 201 cm³/mol. The molecule has 2 aliphatic rings. The van der Waals surface area contributed by atoms with Gasteiger partial charge in [-0.25, -0.2) is 19.3 Å². The highest BCUT2D eigenvalue weighted by atomic mass is 32.2. The summed E-state index contributed by atoms with van der Waals surface area (Å²) in [5.74, 6) is -1.27. The number of nitrogens with zero attached hydrogens (tertiary/aromatic N) is 4. The Morgan fingerprint density at radius 3 is 2.55 bits per heavy atom. The van der Waals surface area contributed by atoms with Crippen molar-refractivity contribution in [2.75, 3.05) is 37.8 Å². The molecule has 24 nitrogen and oxygen atoms in total. The zero-order valence-electron chi connectivity index (χ0n) is 31.7. The quantitative estimate of drug-likeness (QED) is 0.0630. The third-order valence-corrected chi connectivity index (χ3v) is 12.9. The molecule has 0 bridgehead atoms. The molecule has 6 N–H and O–H groups in total. The smallest absolute Gasteiger partial charge is 0.274 e. The van der Waals surface area contributed by atoms with E-state index < -0.39 is 84.6 Å². The number of phosphoric ester groups is 3. The molecule has 330 valence electrons. The molecule has 28 heteroatoms. The maximum absolute atomic E-state index is 12.6. The van der Waals surface area contributed by atoms with Crippen molar-refractivity contribution in [2.24, 2.45) is 5.41 Å². The van der Waals surface area contributed by atoms with Gasteiger partial charge in [-0.05, 0) is 30.0 Å². The first-order valence-corrected chi connectivity index (χ1v) is 23.2. The molecule has 1 fully saturated rings. The van der Waals surface area contributed by atoms with Crippen molar-refractivity contribution in [1.29, 1.82) is 0 Å². The minimum Gasteiger partial charge on any atom is -0.790 e. The van der Waals surface area contributed by atoms with Gasteiger partial charge in [0.1, 0.15) is 36.3 Å². The summed E-state index contributed by atoms with van der Waals surface area (Å²) in [4.78, 5) is 97.0. The Kier molecular flexibility index (Phi) is 15.6. The van der Waals surface area contributed by atoms with E-state index in [0.29, 0.717) is 11.3 Å². The lowest BCUT2D eigenvalue weighted by molar-refractivity contribution is -0.347. The van der Waals surface area contributed by atoms with Crippen molar-refractivity contribution >= 4 is 75.2 Å². The second-order valence-corrected chi connectivity index (χ2v) is 19.1. The average molecular weight is 920 g/mol. The number of aryl methyl sites for hydroxylation is 1. The summed E-state index contributed by atoms with van der Waals surface area (Å²) in [5.41, 5.74) is 6.79. The first kappa shape index (κ1) is 47.6. The number of aromatic nitrogens is 4. The molecule has 2 amide bonds. The van der Waals surface area contributed by atoms with Gasteiger partial charge in [0.2, 0.25) is 16.9 Å². The van der Waals surface area contributed by atoms with Crippen LogP contribution in [-0.2, 0) is 52.3 Å². The number of nitrogen functional groups attached to an aromatic ring is 1. The molecule has 1 aliphatic carbocycles. The largest absolute Gasteiger partial charge is 0.790 e.